The third-order valence-electron chi connectivity index (χ3n) is 3.26. The van der Waals surface area contributed by atoms with Gasteiger partial charge in [-0.3, -0.25) is 4.79 Å². The Morgan fingerprint density at radius 2 is 2.38 bits per heavy atom. The van der Waals surface area contributed by atoms with E-state index in [1.165, 1.54) is 13.5 Å². The molecule has 1 rings (SSSR count). The van der Waals surface area contributed by atoms with Gasteiger partial charge in [0.25, 0.3) is 0 Å². The van der Waals surface area contributed by atoms with E-state index in [4.69, 9.17) is 0 Å². The summed E-state index contributed by atoms with van der Waals surface area (Å²) in [6, 6.07) is 0. The molecule has 0 aromatic rings. The summed E-state index contributed by atoms with van der Waals surface area (Å²) in [5.41, 5.74) is -0.576. The first-order chi connectivity index (χ1) is 7.56. The number of hydrogen-bond donors (Lipinski definition) is 2. The SMILES string of the molecule is COC(=O)CCNCC1(O)CCCC(C)C1. The Hall–Kier alpha value is -0.610. The zero-order chi connectivity index (χ0) is 12.0. The normalized spacial score (nSPS) is 30.1. The van der Waals surface area contributed by atoms with E-state index in [1.54, 1.807) is 0 Å². The molecule has 0 saturated heterocycles. The largest absolute Gasteiger partial charge is 0.469 e. The Kier molecular flexibility index (Phi) is 5.22. The first-order valence-electron chi connectivity index (χ1n) is 6.06. The third kappa shape index (κ3) is 4.49. The van der Waals surface area contributed by atoms with E-state index in [0.717, 1.165) is 19.3 Å². The molecule has 1 fully saturated rings. The summed E-state index contributed by atoms with van der Waals surface area (Å²) < 4.78 is 4.54. The number of rotatable bonds is 5. The molecule has 0 amide bonds. The van der Waals surface area contributed by atoms with Crippen molar-refractivity contribution in [3.8, 4) is 0 Å². The van der Waals surface area contributed by atoms with Crippen LogP contribution < -0.4 is 5.32 Å². The molecule has 0 radical (unpaired) electrons. The maximum Gasteiger partial charge on any atom is 0.306 e. The molecule has 0 aromatic heterocycles. The zero-order valence-corrected chi connectivity index (χ0v) is 10.3. The van der Waals surface area contributed by atoms with Gasteiger partial charge in [-0.15, -0.1) is 0 Å². The molecule has 2 unspecified atom stereocenters. The van der Waals surface area contributed by atoms with Gasteiger partial charge < -0.3 is 15.2 Å². The summed E-state index contributed by atoms with van der Waals surface area (Å²) in [5.74, 6) is 0.387. The Balaban J connectivity index is 2.18. The molecule has 1 aliphatic carbocycles. The molecule has 94 valence electrons. The van der Waals surface area contributed by atoms with Crippen LogP contribution >= 0.6 is 0 Å². The maximum atomic E-state index is 10.9. The van der Waals surface area contributed by atoms with Gasteiger partial charge in [-0.2, -0.15) is 0 Å². The number of esters is 1. The summed E-state index contributed by atoms with van der Waals surface area (Å²) in [4.78, 5) is 10.9. The van der Waals surface area contributed by atoms with Crippen LogP contribution in [-0.2, 0) is 9.53 Å². The van der Waals surface area contributed by atoms with Crippen molar-refractivity contribution < 1.29 is 14.6 Å². The van der Waals surface area contributed by atoms with E-state index in [0.29, 0.717) is 25.4 Å². The predicted octanol–water partition coefficient (Wildman–Crippen LogP) is 1.08. The van der Waals surface area contributed by atoms with E-state index in [9.17, 15) is 9.90 Å². The van der Waals surface area contributed by atoms with Crippen LogP contribution in [0, 0.1) is 5.92 Å². The topological polar surface area (TPSA) is 58.6 Å². The molecule has 0 aliphatic heterocycles. The number of carbonyl (C=O) groups is 1. The number of carbonyl (C=O) groups excluding carboxylic acids is 1. The molecule has 2 atom stereocenters. The number of methoxy groups -OCH3 is 1. The molecular formula is C12H23NO3. The van der Waals surface area contributed by atoms with Crippen molar-refractivity contribution in [1.29, 1.82) is 0 Å². The lowest BCUT2D eigenvalue weighted by Crippen LogP contribution is -2.44. The fourth-order valence-corrected chi connectivity index (χ4v) is 2.41. The maximum absolute atomic E-state index is 10.9. The van der Waals surface area contributed by atoms with Gasteiger partial charge >= 0.3 is 5.97 Å². The van der Waals surface area contributed by atoms with Gasteiger partial charge in [0.05, 0.1) is 19.1 Å². The second-order valence-electron chi connectivity index (χ2n) is 4.93. The van der Waals surface area contributed by atoms with Crippen molar-refractivity contribution in [2.45, 2.75) is 44.6 Å². The van der Waals surface area contributed by atoms with Crippen LogP contribution in [0.3, 0.4) is 0 Å². The van der Waals surface area contributed by atoms with Crippen LogP contribution in [0.1, 0.15) is 39.0 Å². The smallest absolute Gasteiger partial charge is 0.306 e. The summed E-state index contributed by atoms with van der Waals surface area (Å²) in [6.07, 6.45) is 4.39. The third-order valence-corrected chi connectivity index (χ3v) is 3.26. The highest BCUT2D eigenvalue weighted by molar-refractivity contribution is 5.69. The number of ether oxygens (including phenoxy) is 1. The Morgan fingerprint density at radius 1 is 1.62 bits per heavy atom. The minimum atomic E-state index is -0.576. The van der Waals surface area contributed by atoms with Gasteiger partial charge in [0.1, 0.15) is 0 Å². The fraction of sp³-hybridized carbons (Fsp3) is 0.917. The highest BCUT2D eigenvalue weighted by Crippen LogP contribution is 2.31. The molecule has 1 aliphatic rings. The molecule has 16 heavy (non-hydrogen) atoms. The highest BCUT2D eigenvalue weighted by atomic mass is 16.5. The Labute approximate surface area is 97.4 Å². The van der Waals surface area contributed by atoms with Crippen molar-refractivity contribution in [2.75, 3.05) is 20.2 Å². The number of nitrogens with one attached hydrogen (secondary N) is 1. The zero-order valence-electron chi connectivity index (χ0n) is 10.3. The second kappa shape index (κ2) is 6.21. The van der Waals surface area contributed by atoms with Crippen LogP contribution in [0.4, 0.5) is 0 Å². The lowest BCUT2D eigenvalue weighted by molar-refractivity contribution is -0.140. The predicted molar refractivity (Wildman–Crippen MR) is 62.1 cm³/mol. The number of aliphatic hydroxyl groups is 1. The molecule has 0 spiro atoms. The van der Waals surface area contributed by atoms with Crippen LogP contribution in [0.5, 0.6) is 0 Å². The minimum absolute atomic E-state index is 0.212. The Bertz CT molecular complexity index is 232. The molecule has 4 heteroatoms. The van der Waals surface area contributed by atoms with E-state index in [2.05, 4.69) is 17.0 Å². The van der Waals surface area contributed by atoms with E-state index in [1.807, 2.05) is 0 Å². The van der Waals surface area contributed by atoms with Crippen molar-refractivity contribution >= 4 is 5.97 Å². The molecule has 0 heterocycles. The molecular weight excluding hydrogens is 206 g/mol. The van der Waals surface area contributed by atoms with Crippen molar-refractivity contribution in [1.82, 2.24) is 5.32 Å². The summed E-state index contributed by atoms with van der Waals surface area (Å²) in [7, 11) is 1.39. The lowest BCUT2D eigenvalue weighted by Gasteiger charge is -2.35. The Morgan fingerprint density at radius 3 is 3.00 bits per heavy atom. The second-order valence-corrected chi connectivity index (χ2v) is 4.93. The highest BCUT2D eigenvalue weighted by Gasteiger charge is 2.31. The van der Waals surface area contributed by atoms with Gasteiger partial charge in [0.15, 0.2) is 0 Å². The molecule has 0 aromatic carbocycles. The van der Waals surface area contributed by atoms with E-state index in [-0.39, 0.29) is 5.97 Å². The molecule has 2 N–H and O–H groups in total. The average Bonchev–Trinajstić information content (AvgIpc) is 2.23. The lowest BCUT2D eigenvalue weighted by atomic mass is 9.79. The van der Waals surface area contributed by atoms with Crippen molar-refractivity contribution in [3.63, 3.8) is 0 Å². The minimum Gasteiger partial charge on any atom is -0.469 e. The van der Waals surface area contributed by atoms with Crippen LogP contribution in [0.2, 0.25) is 0 Å². The molecule has 1 saturated carbocycles. The number of hydrogen-bond acceptors (Lipinski definition) is 4. The van der Waals surface area contributed by atoms with Gasteiger partial charge in [0.2, 0.25) is 0 Å². The summed E-state index contributed by atoms with van der Waals surface area (Å²) in [6.45, 7) is 3.33. The quantitative estimate of drug-likeness (QED) is 0.547. The standard InChI is InChI=1S/C12H23NO3/c1-10-4-3-6-12(15,8-10)9-13-7-5-11(14)16-2/h10,13,15H,3-9H2,1-2H3. The fourth-order valence-electron chi connectivity index (χ4n) is 2.41. The van der Waals surface area contributed by atoms with Crippen LogP contribution in [-0.4, -0.2) is 36.9 Å². The molecule has 4 nitrogen and oxygen atoms in total. The van der Waals surface area contributed by atoms with Gasteiger partial charge in [-0.05, 0) is 18.8 Å². The molecule has 0 bridgehead atoms. The first-order valence-corrected chi connectivity index (χ1v) is 6.06. The van der Waals surface area contributed by atoms with Gasteiger partial charge in [-0.25, -0.2) is 0 Å². The average molecular weight is 229 g/mol. The van der Waals surface area contributed by atoms with Crippen LogP contribution in [0.25, 0.3) is 0 Å². The summed E-state index contributed by atoms with van der Waals surface area (Å²) in [5, 5.41) is 13.4. The van der Waals surface area contributed by atoms with E-state index >= 15 is 0 Å². The summed E-state index contributed by atoms with van der Waals surface area (Å²) >= 11 is 0. The van der Waals surface area contributed by atoms with E-state index < -0.39 is 5.60 Å². The first kappa shape index (κ1) is 13.5. The van der Waals surface area contributed by atoms with Crippen molar-refractivity contribution in [3.05, 3.63) is 0 Å². The van der Waals surface area contributed by atoms with Gasteiger partial charge in [-0.1, -0.05) is 19.8 Å². The van der Waals surface area contributed by atoms with Crippen molar-refractivity contribution in [2.24, 2.45) is 5.92 Å². The monoisotopic (exact) mass is 229 g/mol. The van der Waals surface area contributed by atoms with Gasteiger partial charge in [0, 0.05) is 13.1 Å². The van der Waals surface area contributed by atoms with Crippen LogP contribution in [0.15, 0.2) is 0 Å².